The second kappa shape index (κ2) is 3.68. The van der Waals surface area contributed by atoms with E-state index >= 15 is 0 Å². The van der Waals surface area contributed by atoms with Crippen molar-refractivity contribution in [2.75, 3.05) is 0 Å². The van der Waals surface area contributed by atoms with E-state index in [1.165, 1.54) is 6.20 Å². The van der Waals surface area contributed by atoms with Crippen molar-refractivity contribution in [1.82, 2.24) is 4.90 Å². The number of hydrogen-bond acceptors (Lipinski definition) is 3. The molecule has 1 heterocycles. The minimum atomic E-state index is -0.657. The van der Waals surface area contributed by atoms with Gasteiger partial charge < -0.3 is 5.73 Å². The quantitative estimate of drug-likeness (QED) is 0.723. The van der Waals surface area contributed by atoms with Crippen LogP contribution in [0.1, 0.15) is 34.1 Å². The lowest BCUT2D eigenvalue weighted by molar-refractivity contribution is -0.133. The molecule has 4 nitrogen and oxygen atoms in total. The molecule has 0 unspecified atom stereocenters. The van der Waals surface area contributed by atoms with Gasteiger partial charge in [0.15, 0.2) is 0 Å². The molecule has 1 fully saturated rings. The summed E-state index contributed by atoms with van der Waals surface area (Å²) in [6.45, 7) is 7.57. The zero-order valence-electron chi connectivity index (χ0n) is 9.79. The van der Waals surface area contributed by atoms with Crippen LogP contribution in [0, 0.1) is 10.8 Å². The van der Waals surface area contributed by atoms with E-state index in [-0.39, 0.29) is 17.8 Å². The van der Waals surface area contributed by atoms with E-state index in [0.29, 0.717) is 5.57 Å². The van der Waals surface area contributed by atoms with Crippen LogP contribution in [-0.2, 0) is 4.79 Å². The summed E-state index contributed by atoms with van der Waals surface area (Å²) in [4.78, 5) is 13.6. The molecular weight excluding hydrogens is 190 g/mol. The molecule has 0 aromatic carbocycles. The van der Waals surface area contributed by atoms with Crippen LogP contribution in [0.25, 0.3) is 0 Å². The van der Waals surface area contributed by atoms with Crippen molar-refractivity contribution in [3.05, 3.63) is 11.8 Å². The molecule has 1 saturated heterocycles. The molecule has 84 valence electrons. The van der Waals surface area contributed by atoms with Gasteiger partial charge in [0.25, 0.3) is 0 Å². The number of carbonyl (C=O) groups is 1. The highest BCUT2D eigenvalue weighted by Gasteiger charge is 2.48. The van der Waals surface area contributed by atoms with Gasteiger partial charge in [0.2, 0.25) is 5.91 Å². The summed E-state index contributed by atoms with van der Waals surface area (Å²) in [6.07, 6.45) is 2.21. The third-order valence-electron chi connectivity index (χ3n) is 3.12. The Kier molecular flexibility index (Phi) is 2.88. The molecule has 1 aliphatic heterocycles. The van der Waals surface area contributed by atoms with Gasteiger partial charge in [-0.15, -0.1) is 0 Å². The monoisotopic (exact) mass is 209 g/mol. The lowest BCUT2D eigenvalue weighted by Crippen LogP contribution is -2.39. The lowest BCUT2D eigenvalue weighted by atomic mass is 9.87. The first kappa shape index (κ1) is 11.8. The molecule has 4 heteroatoms. The van der Waals surface area contributed by atoms with Crippen LogP contribution >= 0.6 is 0 Å². The Morgan fingerprint density at radius 2 is 2.13 bits per heavy atom. The summed E-state index contributed by atoms with van der Waals surface area (Å²) in [5.41, 5.74) is 5.44. The molecule has 1 amide bonds. The Morgan fingerprint density at radius 1 is 1.60 bits per heavy atom. The Morgan fingerprint density at radius 3 is 2.47 bits per heavy atom. The summed E-state index contributed by atoms with van der Waals surface area (Å²) in [5, 5.41) is 7.94. The van der Waals surface area contributed by atoms with Crippen LogP contribution in [0.5, 0.6) is 0 Å². The molecule has 0 saturated carbocycles. The maximum atomic E-state index is 12.1. The summed E-state index contributed by atoms with van der Waals surface area (Å²) >= 11 is 0. The molecule has 0 bridgehead atoms. The predicted molar refractivity (Wildman–Crippen MR) is 60.4 cm³/mol. The third kappa shape index (κ3) is 1.54. The minimum absolute atomic E-state index is 0.0291. The SMILES string of the molecule is CC[C@H](C)N1C(=N)C(=CN)C(C)(C)C1=O. The van der Waals surface area contributed by atoms with Gasteiger partial charge in [-0.2, -0.15) is 0 Å². The summed E-state index contributed by atoms with van der Waals surface area (Å²) in [6, 6.07) is 0.0572. The van der Waals surface area contributed by atoms with E-state index in [1.54, 1.807) is 4.90 Å². The van der Waals surface area contributed by atoms with E-state index in [9.17, 15) is 4.79 Å². The second-order valence-electron chi connectivity index (χ2n) is 4.49. The Bertz CT molecular complexity index is 331. The van der Waals surface area contributed by atoms with Gasteiger partial charge in [-0.1, -0.05) is 6.92 Å². The Labute approximate surface area is 90.6 Å². The van der Waals surface area contributed by atoms with Gasteiger partial charge in [-0.3, -0.25) is 15.1 Å². The second-order valence-corrected chi connectivity index (χ2v) is 4.49. The molecule has 0 spiro atoms. The van der Waals surface area contributed by atoms with Gasteiger partial charge in [0, 0.05) is 17.8 Å². The van der Waals surface area contributed by atoms with Crippen LogP contribution in [0.3, 0.4) is 0 Å². The van der Waals surface area contributed by atoms with Crippen LogP contribution < -0.4 is 5.73 Å². The zero-order chi connectivity index (χ0) is 11.8. The van der Waals surface area contributed by atoms with Gasteiger partial charge in [0.1, 0.15) is 5.84 Å². The number of hydrogen-bond donors (Lipinski definition) is 2. The number of nitrogens with one attached hydrogen (secondary N) is 1. The van der Waals surface area contributed by atoms with Crippen molar-refractivity contribution in [3.8, 4) is 0 Å². The fraction of sp³-hybridized carbons (Fsp3) is 0.636. The number of carbonyl (C=O) groups excluding carboxylic acids is 1. The van der Waals surface area contributed by atoms with Crippen LogP contribution in [0.15, 0.2) is 11.8 Å². The number of amides is 1. The van der Waals surface area contributed by atoms with Crippen molar-refractivity contribution >= 4 is 11.7 Å². The predicted octanol–water partition coefficient (Wildman–Crippen LogP) is 1.47. The molecule has 1 rings (SSSR count). The van der Waals surface area contributed by atoms with Crippen LogP contribution in [0.2, 0.25) is 0 Å². The summed E-state index contributed by atoms with van der Waals surface area (Å²) < 4.78 is 0. The van der Waals surface area contributed by atoms with Crippen LogP contribution in [-0.4, -0.2) is 22.7 Å². The molecule has 1 aliphatic rings. The molecule has 15 heavy (non-hydrogen) atoms. The first-order chi connectivity index (χ1) is 6.87. The van der Waals surface area contributed by atoms with Crippen molar-refractivity contribution in [1.29, 1.82) is 5.41 Å². The highest BCUT2D eigenvalue weighted by molar-refractivity contribution is 6.18. The first-order valence-electron chi connectivity index (χ1n) is 5.22. The smallest absolute Gasteiger partial charge is 0.238 e. The summed E-state index contributed by atoms with van der Waals surface area (Å²) in [5.74, 6) is 0.223. The van der Waals surface area contributed by atoms with E-state index in [2.05, 4.69) is 0 Å². The van der Waals surface area contributed by atoms with Crippen molar-refractivity contribution in [2.45, 2.75) is 40.2 Å². The molecule has 1 atom stereocenters. The lowest BCUT2D eigenvalue weighted by Gasteiger charge is -2.24. The van der Waals surface area contributed by atoms with Crippen molar-refractivity contribution in [3.63, 3.8) is 0 Å². The number of nitrogens with zero attached hydrogens (tertiary/aromatic N) is 1. The van der Waals surface area contributed by atoms with E-state index in [0.717, 1.165) is 6.42 Å². The molecule has 0 aromatic heterocycles. The normalized spacial score (nSPS) is 25.1. The third-order valence-corrected chi connectivity index (χ3v) is 3.12. The standard InChI is InChI=1S/C11H19N3O/c1-5-7(2)14-9(13)8(6-12)11(3,4)10(14)15/h6-7,13H,5,12H2,1-4H3/t7-/m0/s1. The van der Waals surface area contributed by atoms with Gasteiger partial charge in [-0.05, 0) is 27.2 Å². The van der Waals surface area contributed by atoms with Gasteiger partial charge >= 0.3 is 0 Å². The molecule has 3 N–H and O–H groups in total. The number of likely N-dealkylation sites (tertiary alicyclic amines) is 1. The number of rotatable bonds is 2. The zero-order valence-corrected chi connectivity index (χ0v) is 9.79. The topological polar surface area (TPSA) is 70.2 Å². The Balaban J connectivity index is 3.17. The van der Waals surface area contributed by atoms with E-state index < -0.39 is 5.41 Å². The number of amidine groups is 1. The number of nitrogens with two attached hydrogens (primary N) is 1. The maximum Gasteiger partial charge on any atom is 0.238 e. The average molecular weight is 209 g/mol. The fourth-order valence-corrected chi connectivity index (χ4v) is 1.83. The molecule has 0 aliphatic carbocycles. The van der Waals surface area contributed by atoms with Crippen molar-refractivity contribution < 1.29 is 4.79 Å². The Hall–Kier alpha value is -1.32. The highest BCUT2D eigenvalue weighted by atomic mass is 16.2. The minimum Gasteiger partial charge on any atom is -0.404 e. The molecule has 0 aromatic rings. The first-order valence-corrected chi connectivity index (χ1v) is 5.22. The van der Waals surface area contributed by atoms with E-state index in [1.807, 2.05) is 27.7 Å². The van der Waals surface area contributed by atoms with Gasteiger partial charge in [0.05, 0.1) is 5.41 Å². The molecular formula is C11H19N3O. The highest BCUT2D eigenvalue weighted by Crippen LogP contribution is 2.37. The van der Waals surface area contributed by atoms with Gasteiger partial charge in [-0.25, -0.2) is 0 Å². The van der Waals surface area contributed by atoms with Crippen molar-refractivity contribution in [2.24, 2.45) is 11.1 Å². The fourth-order valence-electron chi connectivity index (χ4n) is 1.83. The summed E-state index contributed by atoms with van der Waals surface area (Å²) in [7, 11) is 0. The van der Waals surface area contributed by atoms with E-state index in [4.69, 9.17) is 11.1 Å². The van der Waals surface area contributed by atoms with Crippen LogP contribution in [0.4, 0.5) is 0 Å². The average Bonchev–Trinajstić information content (AvgIpc) is 2.33. The molecule has 0 radical (unpaired) electrons. The maximum absolute atomic E-state index is 12.1. The largest absolute Gasteiger partial charge is 0.404 e.